The zero-order valence-corrected chi connectivity index (χ0v) is 18.0. The highest BCUT2D eigenvalue weighted by Crippen LogP contribution is 2.25. The highest BCUT2D eigenvalue weighted by Gasteiger charge is 2.36. The van der Waals surface area contributed by atoms with Crippen molar-refractivity contribution in [2.45, 2.75) is 50.0 Å². The van der Waals surface area contributed by atoms with Crippen molar-refractivity contribution in [3.8, 4) is 0 Å². The Morgan fingerprint density at radius 1 is 1.32 bits per heavy atom. The number of benzene rings is 1. The molecule has 1 aliphatic rings. The molecular weight excluding hydrogens is 400 g/mol. The zero-order chi connectivity index (χ0) is 20.6. The molecule has 1 fully saturated rings. The molecule has 28 heavy (non-hydrogen) atoms. The molecule has 0 aromatic heterocycles. The van der Waals surface area contributed by atoms with Crippen LogP contribution in [-0.4, -0.2) is 55.8 Å². The maximum Gasteiger partial charge on any atom is 0.306 e. The third-order valence-corrected chi connectivity index (χ3v) is 7.55. The summed E-state index contributed by atoms with van der Waals surface area (Å²) < 4.78 is 31.0. The lowest BCUT2D eigenvalue weighted by atomic mass is 10.0. The number of piperidine rings is 1. The smallest absolute Gasteiger partial charge is 0.306 e. The number of sulfonamides is 1. The molecule has 0 aliphatic carbocycles. The minimum atomic E-state index is -3.43. The van der Waals surface area contributed by atoms with Gasteiger partial charge in [0.05, 0.1) is 19.3 Å². The molecule has 0 saturated carbocycles. The molecule has 2 rings (SSSR count). The Hall–Kier alpha value is -1.58. The van der Waals surface area contributed by atoms with Crippen LogP contribution in [0.15, 0.2) is 29.2 Å². The van der Waals surface area contributed by atoms with E-state index >= 15 is 0 Å². The van der Waals surface area contributed by atoms with Crippen molar-refractivity contribution in [1.82, 2.24) is 4.31 Å². The Labute approximate surface area is 171 Å². The van der Waals surface area contributed by atoms with E-state index in [1.54, 1.807) is 6.07 Å². The van der Waals surface area contributed by atoms with E-state index in [1.165, 1.54) is 23.2 Å². The third kappa shape index (κ3) is 6.49. The van der Waals surface area contributed by atoms with Gasteiger partial charge in [0, 0.05) is 22.9 Å². The van der Waals surface area contributed by atoms with E-state index in [0.29, 0.717) is 37.2 Å². The summed E-state index contributed by atoms with van der Waals surface area (Å²) in [7, 11) is -2.07. The van der Waals surface area contributed by atoms with Crippen LogP contribution in [0.1, 0.15) is 39.0 Å². The van der Waals surface area contributed by atoms with Crippen LogP contribution >= 0.6 is 11.8 Å². The minimum absolute atomic E-state index is 0.0586. The molecule has 7 nitrogen and oxygen atoms in total. The normalized spacial score (nSPS) is 17.9. The maximum absolute atomic E-state index is 12.8. The number of hydrogen-bond acceptors (Lipinski definition) is 6. The van der Waals surface area contributed by atoms with Crippen molar-refractivity contribution in [2.24, 2.45) is 0 Å². The molecule has 1 heterocycles. The Morgan fingerprint density at radius 2 is 2.11 bits per heavy atom. The van der Waals surface area contributed by atoms with Gasteiger partial charge in [-0.05, 0) is 37.5 Å². The second-order valence-corrected chi connectivity index (χ2v) is 9.84. The molecule has 0 bridgehead atoms. The minimum Gasteiger partial charge on any atom is -0.469 e. The summed E-state index contributed by atoms with van der Waals surface area (Å²) in [5, 5.41) is 2.86. The summed E-state index contributed by atoms with van der Waals surface area (Å²) in [6.45, 7) is 2.21. The topological polar surface area (TPSA) is 92.8 Å². The maximum atomic E-state index is 12.8. The highest BCUT2D eigenvalue weighted by atomic mass is 32.2. The van der Waals surface area contributed by atoms with Crippen LogP contribution in [0.2, 0.25) is 0 Å². The number of rotatable bonds is 9. The molecule has 9 heteroatoms. The number of nitrogens with one attached hydrogen (secondary N) is 1. The molecule has 1 saturated heterocycles. The van der Waals surface area contributed by atoms with E-state index in [-0.39, 0.29) is 17.6 Å². The fourth-order valence-electron chi connectivity index (χ4n) is 3.12. The average molecular weight is 429 g/mol. The molecule has 1 N–H and O–H groups in total. The Kier molecular flexibility index (Phi) is 8.78. The molecule has 1 amide bonds. The van der Waals surface area contributed by atoms with Gasteiger partial charge in [-0.3, -0.25) is 9.59 Å². The molecule has 0 radical (unpaired) electrons. The summed E-state index contributed by atoms with van der Waals surface area (Å²) in [5.74, 6) is 0.0810. The van der Waals surface area contributed by atoms with Crippen molar-refractivity contribution in [2.75, 3.05) is 30.5 Å². The van der Waals surface area contributed by atoms with Gasteiger partial charge in [-0.15, -0.1) is 11.8 Å². The van der Waals surface area contributed by atoms with Gasteiger partial charge >= 0.3 is 5.97 Å². The number of methoxy groups -OCH3 is 1. The lowest BCUT2D eigenvalue weighted by Gasteiger charge is -2.33. The lowest BCUT2D eigenvalue weighted by Crippen LogP contribution is -2.50. The van der Waals surface area contributed by atoms with Crippen molar-refractivity contribution in [3.63, 3.8) is 0 Å². The number of nitrogens with zero attached hydrogens (tertiary/aromatic N) is 1. The van der Waals surface area contributed by atoms with Crippen LogP contribution in [0, 0.1) is 0 Å². The molecular formula is C19H28N2O5S2. The predicted octanol–water partition coefficient (Wildman–Crippen LogP) is 2.87. The molecule has 0 spiro atoms. The van der Waals surface area contributed by atoms with Crippen molar-refractivity contribution in [1.29, 1.82) is 0 Å². The Balaban J connectivity index is 2.02. The second-order valence-electron chi connectivity index (χ2n) is 6.63. The number of carbonyl (C=O) groups is 2. The van der Waals surface area contributed by atoms with E-state index in [9.17, 15) is 18.0 Å². The van der Waals surface area contributed by atoms with Crippen LogP contribution in [0.5, 0.6) is 0 Å². The van der Waals surface area contributed by atoms with Crippen molar-refractivity contribution >= 4 is 39.3 Å². The molecule has 1 aliphatic heterocycles. The number of thioether (sulfide) groups is 1. The van der Waals surface area contributed by atoms with Crippen LogP contribution in [0.3, 0.4) is 0 Å². The summed E-state index contributed by atoms with van der Waals surface area (Å²) in [6, 6.07) is 6.66. The molecule has 1 atom stereocenters. The van der Waals surface area contributed by atoms with Crippen molar-refractivity contribution in [3.05, 3.63) is 24.3 Å². The number of anilines is 1. The first kappa shape index (κ1) is 22.7. The van der Waals surface area contributed by atoms with Gasteiger partial charge in [-0.25, -0.2) is 8.42 Å². The average Bonchev–Trinajstić information content (AvgIpc) is 2.68. The number of amides is 1. The van der Waals surface area contributed by atoms with E-state index in [2.05, 4.69) is 10.1 Å². The molecule has 1 aromatic carbocycles. The van der Waals surface area contributed by atoms with Crippen LogP contribution in [0.25, 0.3) is 0 Å². The van der Waals surface area contributed by atoms with E-state index < -0.39 is 16.1 Å². The van der Waals surface area contributed by atoms with Crippen LogP contribution < -0.4 is 5.32 Å². The quantitative estimate of drug-likeness (QED) is 0.480. The highest BCUT2D eigenvalue weighted by molar-refractivity contribution is 7.99. The number of hydrogen-bond donors (Lipinski definition) is 1. The Morgan fingerprint density at radius 3 is 2.82 bits per heavy atom. The summed E-state index contributed by atoms with van der Waals surface area (Å²) in [5.41, 5.74) is 0.617. The fraction of sp³-hybridized carbons (Fsp3) is 0.579. The first-order valence-corrected chi connectivity index (χ1v) is 12.1. The van der Waals surface area contributed by atoms with Gasteiger partial charge in [0.2, 0.25) is 15.9 Å². The fourth-order valence-corrected chi connectivity index (χ4v) is 5.75. The van der Waals surface area contributed by atoms with Gasteiger partial charge in [-0.2, -0.15) is 4.31 Å². The molecule has 1 aromatic rings. The zero-order valence-electron chi connectivity index (χ0n) is 16.3. The summed E-state index contributed by atoms with van der Waals surface area (Å²) >= 11 is 1.49. The van der Waals surface area contributed by atoms with Gasteiger partial charge < -0.3 is 10.1 Å². The van der Waals surface area contributed by atoms with Crippen LogP contribution in [-0.2, 0) is 24.3 Å². The monoisotopic (exact) mass is 428 g/mol. The molecule has 0 unspecified atom stereocenters. The largest absolute Gasteiger partial charge is 0.469 e. The number of esters is 1. The standard InChI is InChI=1S/C19H28N2O5S2/c1-3-13-28(24,25)21-11-5-4-9-17(21)19(23)20-15-7-6-8-16(14-15)27-12-10-18(22)26-2/h6-8,14,17H,3-5,9-13H2,1-2H3,(H,20,23)/t17-/m0/s1. The summed E-state index contributed by atoms with van der Waals surface area (Å²) in [4.78, 5) is 24.9. The van der Waals surface area contributed by atoms with Crippen molar-refractivity contribution < 1.29 is 22.7 Å². The summed E-state index contributed by atoms with van der Waals surface area (Å²) in [6.07, 6.45) is 2.98. The van der Waals surface area contributed by atoms with Gasteiger partial charge in [-0.1, -0.05) is 19.4 Å². The first-order chi connectivity index (χ1) is 13.4. The number of ether oxygens (including phenoxy) is 1. The van der Waals surface area contributed by atoms with E-state index in [4.69, 9.17) is 0 Å². The van der Waals surface area contributed by atoms with E-state index in [0.717, 1.165) is 17.7 Å². The van der Waals surface area contributed by atoms with Gasteiger partial charge in [0.15, 0.2) is 0 Å². The predicted molar refractivity (Wildman–Crippen MR) is 111 cm³/mol. The molecule has 156 valence electrons. The lowest BCUT2D eigenvalue weighted by molar-refractivity contribution is -0.140. The SMILES string of the molecule is CCCS(=O)(=O)N1CCCC[C@H]1C(=O)Nc1cccc(SCCC(=O)OC)c1. The third-order valence-electron chi connectivity index (χ3n) is 4.48. The second kappa shape index (κ2) is 10.8. The number of carbonyl (C=O) groups excluding carboxylic acids is 2. The Bertz CT molecular complexity index is 782. The van der Waals surface area contributed by atoms with Gasteiger partial charge in [0.1, 0.15) is 6.04 Å². The van der Waals surface area contributed by atoms with Crippen LogP contribution in [0.4, 0.5) is 5.69 Å². The first-order valence-electron chi connectivity index (χ1n) is 9.47. The van der Waals surface area contributed by atoms with Gasteiger partial charge in [0.25, 0.3) is 0 Å². The van der Waals surface area contributed by atoms with E-state index in [1.807, 2.05) is 25.1 Å².